The van der Waals surface area contributed by atoms with Gasteiger partial charge in [0.1, 0.15) is 5.75 Å². The molecule has 1 aliphatic heterocycles. The van der Waals surface area contributed by atoms with E-state index in [0.29, 0.717) is 6.04 Å². The van der Waals surface area contributed by atoms with Crippen LogP contribution in [0.25, 0.3) is 0 Å². The molecule has 154 valence electrons. The molecule has 1 unspecified atom stereocenters. The predicted molar refractivity (Wildman–Crippen MR) is 127 cm³/mol. The molecule has 3 rings (SSSR count). The monoisotopic (exact) mass is 515 g/mol. The summed E-state index contributed by atoms with van der Waals surface area (Å²) in [5, 5.41) is 6.90. The van der Waals surface area contributed by atoms with Gasteiger partial charge in [-0.25, -0.2) is 4.98 Å². The van der Waals surface area contributed by atoms with Crippen molar-refractivity contribution in [3.05, 3.63) is 45.9 Å². The number of nitrogens with zero attached hydrogens (tertiary/aromatic N) is 3. The lowest BCUT2D eigenvalue weighted by molar-refractivity contribution is 0.245. The Morgan fingerprint density at radius 1 is 1.25 bits per heavy atom. The van der Waals surface area contributed by atoms with Crippen LogP contribution in [0, 0.1) is 6.92 Å². The Kier molecular flexibility index (Phi) is 9.46. The van der Waals surface area contributed by atoms with E-state index in [4.69, 9.17) is 4.74 Å². The third-order valence-electron chi connectivity index (χ3n) is 5.03. The summed E-state index contributed by atoms with van der Waals surface area (Å²) < 4.78 is 5.30. The Labute approximate surface area is 188 Å². The number of nitrogens with one attached hydrogen (secondary N) is 2. The number of benzene rings is 1. The maximum atomic E-state index is 5.30. The van der Waals surface area contributed by atoms with E-state index >= 15 is 0 Å². The van der Waals surface area contributed by atoms with E-state index < -0.39 is 0 Å². The van der Waals surface area contributed by atoms with Crippen LogP contribution < -0.4 is 15.4 Å². The summed E-state index contributed by atoms with van der Waals surface area (Å²) in [4.78, 5) is 12.5. The molecular formula is C20H30IN5OS. The van der Waals surface area contributed by atoms with E-state index in [2.05, 4.69) is 37.6 Å². The van der Waals surface area contributed by atoms with Crippen LogP contribution in [-0.4, -0.2) is 49.6 Å². The number of rotatable bonds is 7. The largest absolute Gasteiger partial charge is 0.497 e. The van der Waals surface area contributed by atoms with Gasteiger partial charge in [0.15, 0.2) is 5.96 Å². The molecule has 0 spiro atoms. The highest BCUT2D eigenvalue weighted by Gasteiger charge is 2.23. The summed E-state index contributed by atoms with van der Waals surface area (Å²) in [6.07, 6.45) is 2.54. The highest BCUT2D eigenvalue weighted by Crippen LogP contribution is 2.26. The van der Waals surface area contributed by atoms with E-state index in [9.17, 15) is 0 Å². The second kappa shape index (κ2) is 11.6. The number of aromatic nitrogens is 1. The van der Waals surface area contributed by atoms with Crippen molar-refractivity contribution in [2.75, 3.05) is 33.8 Å². The normalized spacial score (nSPS) is 15.8. The van der Waals surface area contributed by atoms with Crippen molar-refractivity contribution >= 4 is 41.3 Å². The molecule has 2 N–H and O–H groups in total. The minimum absolute atomic E-state index is 0. The molecular weight excluding hydrogens is 485 g/mol. The number of methoxy groups -OCH3 is 1. The van der Waals surface area contributed by atoms with Crippen LogP contribution in [0.3, 0.4) is 0 Å². The number of ether oxygens (including phenoxy) is 1. The first-order chi connectivity index (χ1) is 13.2. The minimum Gasteiger partial charge on any atom is -0.497 e. The van der Waals surface area contributed by atoms with E-state index in [1.54, 1.807) is 18.4 Å². The van der Waals surface area contributed by atoms with Gasteiger partial charge in [-0.15, -0.1) is 35.3 Å². The van der Waals surface area contributed by atoms with E-state index in [-0.39, 0.29) is 24.0 Å². The number of hydrogen-bond acceptors (Lipinski definition) is 5. The molecule has 1 aliphatic rings. The predicted octanol–water partition coefficient (Wildman–Crippen LogP) is 3.58. The molecule has 0 bridgehead atoms. The third kappa shape index (κ3) is 6.05. The van der Waals surface area contributed by atoms with Crippen molar-refractivity contribution in [2.24, 2.45) is 4.99 Å². The minimum atomic E-state index is 0. The SMILES string of the molecule is CN=C(NCc1scnc1C)NCC(c1ccc(OC)cc1)N1CCCC1.I. The number of halogens is 1. The second-order valence-electron chi connectivity index (χ2n) is 6.70. The van der Waals surface area contributed by atoms with Crippen LogP contribution in [0.4, 0.5) is 0 Å². The van der Waals surface area contributed by atoms with Crippen molar-refractivity contribution < 1.29 is 4.74 Å². The molecule has 0 amide bonds. The molecule has 2 heterocycles. The van der Waals surface area contributed by atoms with Crippen LogP contribution in [0.5, 0.6) is 5.75 Å². The number of guanidine groups is 1. The Hall–Kier alpha value is -1.39. The van der Waals surface area contributed by atoms with Gasteiger partial charge in [-0.3, -0.25) is 9.89 Å². The van der Waals surface area contributed by atoms with E-state index in [1.807, 2.05) is 31.6 Å². The Bertz CT molecular complexity index is 743. The van der Waals surface area contributed by atoms with Gasteiger partial charge in [-0.2, -0.15) is 0 Å². The number of likely N-dealkylation sites (tertiary alicyclic amines) is 1. The van der Waals surface area contributed by atoms with Crippen LogP contribution in [-0.2, 0) is 6.54 Å². The Balaban J connectivity index is 0.00000280. The third-order valence-corrected chi connectivity index (χ3v) is 5.96. The van der Waals surface area contributed by atoms with Gasteiger partial charge in [-0.05, 0) is 50.6 Å². The zero-order valence-corrected chi connectivity index (χ0v) is 19.9. The number of hydrogen-bond donors (Lipinski definition) is 2. The zero-order chi connectivity index (χ0) is 19.1. The molecule has 0 radical (unpaired) electrons. The summed E-state index contributed by atoms with van der Waals surface area (Å²) in [5.74, 6) is 1.71. The summed E-state index contributed by atoms with van der Waals surface area (Å²) in [7, 11) is 3.52. The fourth-order valence-corrected chi connectivity index (χ4v) is 4.13. The zero-order valence-electron chi connectivity index (χ0n) is 16.8. The Morgan fingerprint density at radius 2 is 1.96 bits per heavy atom. The molecule has 6 nitrogen and oxygen atoms in total. The maximum absolute atomic E-state index is 5.30. The van der Waals surface area contributed by atoms with Crippen molar-refractivity contribution in [3.63, 3.8) is 0 Å². The first kappa shape index (κ1) is 22.9. The van der Waals surface area contributed by atoms with Gasteiger partial charge in [0.2, 0.25) is 0 Å². The van der Waals surface area contributed by atoms with Crippen LogP contribution >= 0.6 is 35.3 Å². The van der Waals surface area contributed by atoms with Gasteiger partial charge in [0, 0.05) is 18.5 Å². The number of thiazole rings is 1. The number of aliphatic imine (C=N–C) groups is 1. The van der Waals surface area contributed by atoms with Crippen LogP contribution in [0.1, 0.15) is 35.0 Å². The quantitative estimate of drug-likeness (QED) is 0.336. The Morgan fingerprint density at radius 3 is 2.54 bits per heavy atom. The molecule has 1 saturated heterocycles. The molecule has 0 saturated carbocycles. The van der Waals surface area contributed by atoms with Gasteiger partial charge < -0.3 is 15.4 Å². The van der Waals surface area contributed by atoms with Gasteiger partial charge in [0.05, 0.1) is 30.9 Å². The first-order valence-electron chi connectivity index (χ1n) is 9.42. The molecule has 0 aliphatic carbocycles. The summed E-state index contributed by atoms with van der Waals surface area (Å²) in [5.41, 5.74) is 4.27. The number of aryl methyl sites for hydroxylation is 1. The average molecular weight is 515 g/mol. The first-order valence-corrected chi connectivity index (χ1v) is 10.3. The topological polar surface area (TPSA) is 61.8 Å². The van der Waals surface area contributed by atoms with E-state index in [0.717, 1.165) is 43.6 Å². The molecule has 1 aromatic heterocycles. The summed E-state index contributed by atoms with van der Waals surface area (Å²) >= 11 is 1.67. The summed E-state index contributed by atoms with van der Waals surface area (Å²) in [6, 6.07) is 8.73. The smallest absolute Gasteiger partial charge is 0.191 e. The molecule has 1 aromatic carbocycles. The lowest BCUT2D eigenvalue weighted by Crippen LogP contribution is -2.42. The molecule has 2 aromatic rings. The van der Waals surface area contributed by atoms with Gasteiger partial charge in [-0.1, -0.05) is 12.1 Å². The molecule has 1 atom stereocenters. The fraction of sp³-hybridized carbons (Fsp3) is 0.500. The van der Waals surface area contributed by atoms with Crippen LogP contribution in [0.15, 0.2) is 34.8 Å². The molecule has 8 heteroatoms. The average Bonchev–Trinajstić information content (AvgIpc) is 3.37. The highest BCUT2D eigenvalue weighted by molar-refractivity contribution is 14.0. The standard InChI is InChI=1S/C20H29N5OS.HI/c1-15-19(27-14-24-15)13-23-20(21-2)22-12-18(25-10-4-5-11-25)16-6-8-17(26-3)9-7-16;/h6-9,14,18H,4-5,10-13H2,1-3H3,(H2,21,22,23);1H. The van der Waals surface area contributed by atoms with E-state index in [1.165, 1.54) is 23.3 Å². The van der Waals surface area contributed by atoms with Crippen LogP contribution in [0.2, 0.25) is 0 Å². The van der Waals surface area contributed by atoms with Crippen molar-refractivity contribution in [2.45, 2.75) is 32.4 Å². The van der Waals surface area contributed by atoms with Gasteiger partial charge in [0.25, 0.3) is 0 Å². The highest BCUT2D eigenvalue weighted by atomic mass is 127. The maximum Gasteiger partial charge on any atom is 0.191 e. The fourth-order valence-electron chi connectivity index (χ4n) is 3.41. The van der Waals surface area contributed by atoms with Crippen molar-refractivity contribution in [3.8, 4) is 5.75 Å². The molecule has 28 heavy (non-hydrogen) atoms. The molecule has 1 fully saturated rings. The summed E-state index contributed by atoms with van der Waals surface area (Å²) in [6.45, 7) is 5.88. The lowest BCUT2D eigenvalue weighted by Gasteiger charge is -2.29. The lowest BCUT2D eigenvalue weighted by atomic mass is 10.1. The van der Waals surface area contributed by atoms with Crippen molar-refractivity contribution in [1.29, 1.82) is 0 Å². The second-order valence-corrected chi connectivity index (χ2v) is 7.64. The van der Waals surface area contributed by atoms with Gasteiger partial charge >= 0.3 is 0 Å². The van der Waals surface area contributed by atoms with Crippen molar-refractivity contribution in [1.82, 2.24) is 20.5 Å².